The van der Waals surface area contributed by atoms with E-state index >= 15 is 0 Å². The van der Waals surface area contributed by atoms with Crippen molar-refractivity contribution in [1.29, 1.82) is 0 Å². The topological polar surface area (TPSA) is 54.9 Å². The molecular formula is C14H19N3O2S. The number of hydrazone groups is 1. The highest BCUT2D eigenvalue weighted by Gasteiger charge is 2.14. The van der Waals surface area contributed by atoms with E-state index in [2.05, 4.69) is 15.8 Å². The van der Waals surface area contributed by atoms with Gasteiger partial charge in [0.2, 0.25) is 0 Å². The number of benzene rings is 1. The second-order valence-corrected chi connectivity index (χ2v) is 4.87. The van der Waals surface area contributed by atoms with Crippen molar-refractivity contribution in [2.45, 2.75) is 18.9 Å². The Hall–Kier alpha value is -1.66. The Bertz CT molecular complexity index is 473. The molecule has 108 valence electrons. The van der Waals surface area contributed by atoms with E-state index < -0.39 is 0 Å². The van der Waals surface area contributed by atoms with Gasteiger partial charge >= 0.3 is 0 Å². The molecule has 2 rings (SSSR count). The van der Waals surface area contributed by atoms with Gasteiger partial charge in [0.05, 0.1) is 19.4 Å². The monoisotopic (exact) mass is 293 g/mol. The fourth-order valence-corrected chi connectivity index (χ4v) is 2.12. The lowest BCUT2D eigenvalue weighted by atomic mass is 10.2. The predicted molar refractivity (Wildman–Crippen MR) is 83.3 cm³/mol. The van der Waals surface area contributed by atoms with Crippen molar-refractivity contribution >= 4 is 23.5 Å². The van der Waals surface area contributed by atoms with Crippen LogP contribution in [0.3, 0.4) is 0 Å². The van der Waals surface area contributed by atoms with Crippen molar-refractivity contribution in [3.63, 3.8) is 0 Å². The molecule has 1 heterocycles. The van der Waals surface area contributed by atoms with Gasteiger partial charge in [-0.25, -0.2) is 0 Å². The molecule has 1 fully saturated rings. The quantitative estimate of drug-likeness (QED) is 0.491. The normalized spacial score (nSPS) is 18.1. The first-order valence-corrected chi connectivity index (χ1v) is 7.02. The fourth-order valence-electron chi connectivity index (χ4n) is 1.98. The minimum Gasteiger partial charge on any atom is -0.496 e. The summed E-state index contributed by atoms with van der Waals surface area (Å²) in [6, 6.07) is 7.65. The van der Waals surface area contributed by atoms with Crippen LogP contribution in [0.15, 0.2) is 29.4 Å². The Morgan fingerprint density at radius 1 is 1.55 bits per heavy atom. The molecule has 2 N–H and O–H groups in total. The molecule has 0 aromatic heterocycles. The molecule has 0 amide bonds. The van der Waals surface area contributed by atoms with Gasteiger partial charge in [-0.2, -0.15) is 5.10 Å². The summed E-state index contributed by atoms with van der Waals surface area (Å²) in [5, 5.41) is 7.68. The van der Waals surface area contributed by atoms with Crippen molar-refractivity contribution < 1.29 is 9.47 Å². The number of thiocarbonyl (C=S) groups is 1. The Balaban J connectivity index is 1.75. The van der Waals surface area contributed by atoms with Crippen LogP contribution in [0.1, 0.15) is 18.4 Å². The lowest BCUT2D eigenvalue weighted by Crippen LogP contribution is -2.37. The highest BCUT2D eigenvalue weighted by molar-refractivity contribution is 7.80. The SMILES string of the molecule is COc1ccccc1/C=N\NC(=S)NC[C@@H]1CCCO1. The third-order valence-electron chi connectivity index (χ3n) is 3.02. The minimum atomic E-state index is 0.257. The van der Waals surface area contributed by atoms with E-state index in [1.807, 2.05) is 24.3 Å². The molecular weight excluding hydrogens is 274 g/mol. The molecule has 5 nitrogen and oxygen atoms in total. The molecule has 0 bridgehead atoms. The van der Waals surface area contributed by atoms with Crippen LogP contribution in [0, 0.1) is 0 Å². The van der Waals surface area contributed by atoms with E-state index in [1.54, 1.807) is 13.3 Å². The number of nitrogens with one attached hydrogen (secondary N) is 2. The summed E-state index contributed by atoms with van der Waals surface area (Å²) in [5.41, 5.74) is 3.68. The van der Waals surface area contributed by atoms with Crippen molar-refractivity contribution in [3.8, 4) is 5.75 Å². The molecule has 0 spiro atoms. The van der Waals surface area contributed by atoms with Gasteiger partial charge in [0.1, 0.15) is 5.75 Å². The Morgan fingerprint density at radius 2 is 2.40 bits per heavy atom. The second kappa shape index (κ2) is 7.81. The molecule has 0 unspecified atom stereocenters. The summed E-state index contributed by atoms with van der Waals surface area (Å²) in [7, 11) is 1.63. The van der Waals surface area contributed by atoms with Crippen LogP contribution < -0.4 is 15.5 Å². The molecule has 0 aliphatic carbocycles. The summed E-state index contributed by atoms with van der Waals surface area (Å²) in [6.07, 6.45) is 4.14. The van der Waals surface area contributed by atoms with Crippen LogP contribution in [-0.2, 0) is 4.74 Å². The number of methoxy groups -OCH3 is 1. The molecule has 1 aliphatic rings. The predicted octanol–water partition coefficient (Wildman–Crippen LogP) is 1.67. The molecule has 1 aliphatic heterocycles. The lowest BCUT2D eigenvalue weighted by molar-refractivity contribution is 0.114. The first-order valence-electron chi connectivity index (χ1n) is 6.61. The van der Waals surface area contributed by atoms with Crippen LogP contribution in [0.2, 0.25) is 0 Å². The van der Waals surface area contributed by atoms with Crippen molar-refractivity contribution in [3.05, 3.63) is 29.8 Å². The Kier molecular flexibility index (Phi) is 5.76. The van der Waals surface area contributed by atoms with Crippen LogP contribution >= 0.6 is 12.2 Å². The van der Waals surface area contributed by atoms with Crippen LogP contribution in [0.25, 0.3) is 0 Å². The molecule has 1 aromatic rings. The summed E-state index contributed by atoms with van der Waals surface area (Å²) < 4.78 is 10.7. The zero-order valence-electron chi connectivity index (χ0n) is 11.5. The first-order chi connectivity index (χ1) is 9.79. The molecule has 0 radical (unpaired) electrons. The highest BCUT2D eigenvalue weighted by Crippen LogP contribution is 2.14. The molecule has 1 saturated heterocycles. The number of rotatable bonds is 5. The zero-order chi connectivity index (χ0) is 14.2. The molecule has 1 atom stereocenters. The number of para-hydroxylation sites is 1. The van der Waals surface area contributed by atoms with Gasteiger partial charge in [0, 0.05) is 18.7 Å². The van der Waals surface area contributed by atoms with Crippen molar-refractivity contribution in [2.24, 2.45) is 5.10 Å². The lowest BCUT2D eigenvalue weighted by Gasteiger charge is -2.11. The Morgan fingerprint density at radius 3 is 3.15 bits per heavy atom. The largest absolute Gasteiger partial charge is 0.496 e. The summed E-state index contributed by atoms with van der Waals surface area (Å²) in [5.74, 6) is 0.774. The average molecular weight is 293 g/mol. The number of hydrogen-bond acceptors (Lipinski definition) is 4. The molecule has 6 heteroatoms. The van der Waals surface area contributed by atoms with E-state index in [0.717, 1.165) is 37.3 Å². The van der Waals surface area contributed by atoms with Gasteiger partial charge < -0.3 is 14.8 Å². The first kappa shape index (κ1) is 14.7. The van der Waals surface area contributed by atoms with Crippen LogP contribution in [0.4, 0.5) is 0 Å². The van der Waals surface area contributed by atoms with Gasteiger partial charge in [-0.3, -0.25) is 5.43 Å². The Labute approximate surface area is 124 Å². The number of hydrogen-bond donors (Lipinski definition) is 2. The third-order valence-corrected chi connectivity index (χ3v) is 3.26. The standard InChI is InChI=1S/C14H19N3O2S/c1-18-13-7-3-2-5-11(13)9-16-17-14(20)15-10-12-6-4-8-19-12/h2-3,5,7,9,12H,4,6,8,10H2,1H3,(H2,15,17,20)/b16-9-/t12-/m0/s1. The maximum Gasteiger partial charge on any atom is 0.187 e. The van der Waals surface area contributed by atoms with E-state index in [4.69, 9.17) is 21.7 Å². The molecule has 0 saturated carbocycles. The van der Waals surface area contributed by atoms with Gasteiger partial charge in [-0.1, -0.05) is 12.1 Å². The van der Waals surface area contributed by atoms with Crippen molar-refractivity contribution in [1.82, 2.24) is 10.7 Å². The second-order valence-electron chi connectivity index (χ2n) is 4.46. The van der Waals surface area contributed by atoms with Crippen molar-refractivity contribution in [2.75, 3.05) is 20.3 Å². The van der Waals surface area contributed by atoms with Crippen LogP contribution in [-0.4, -0.2) is 37.7 Å². The summed E-state index contributed by atoms with van der Waals surface area (Å²) in [6.45, 7) is 1.56. The van der Waals surface area contributed by atoms with Gasteiger partial charge in [0.25, 0.3) is 0 Å². The van der Waals surface area contributed by atoms with E-state index in [9.17, 15) is 0 Å². The van der Waals surface area contributed by atoms with E-state index in [1.165, 1.54) is 0 Å². The molecule has 1 aromatic carbocycles. The maximum atomic E-state index is 5.50. The highest BCUT2D eigenvalue weighted by atomic mass is 32.1. The average Bonchev–Trinajstić information content (AvgIpc) is 2.99. The number of nitrogens with zero attached hydrogens (tertiary/aromatic N) is 1. The summed E-state index contributed by atoms with van der Waals surface area (Å²) in [4.78, 5) is 0. The van der Waals surface area contributed by atoms with E-state index in [0.29, 0.717) is 5.11 Å². The van der Waals surface area contributed by atoms with Gasteiger partial charge in [-0.15, -0.1) is 0 Å². The zero-order valence-corrected chi connectivity index (χ0v) is 12.3. The smallest absolute Gasteiger partial charge is 0.187 e. The third kappa shape index (κ3) is 4.47. The fraction of sp³-hybridized carbons (Fsp3) is 0.429. The number of ether oxygens (including phenoxy) is 2. The van der Waals surface area contributed by atoms with Crippen LogP contribution in [0.5, 0.6) is 5.75 Å². The maximum absolute atomic E-state index is 5.50. The molecule has 20 heavy (non-hydrogen) atoms. The summed E-state index contributed by atoms with van der Waals surface area (Å²) >= 11 is 5.14. The minimum absolute atomic E-state index is 0.257. The van der Waals surface area contributed by atoms with Gasteiger partial charge in [0.15, 0.2) is 5.11 Å². The van der Waals surface area contributed by atoms with E-state index in [-0.39, 0.29) is 6.10 Å². The van der Waals surface area contributed by atoms with Gasteiger partial charge in [-0.05, 0) is 37.2 Å².